The van der Waals surface area contributed by atoms with Gasteiger partial charge in [-0.25, -0.2) is 13.6 Å². The van der Waals surface area contributed by atoms with E-state index in [0.717, 1.165) is 17.4 Å². The van der Waals surface area contributed by atoms with Crippen LogP contribution in [0.5, 0.6) is 0 Å². The standard InChI is InChI=1S/C16H13F2N3O3S/c1-7-21-12-8(14(22)10(16(23)24)15(21)25-7)6-9(17)13(11(12)18)20-4-2-19-3-5-20/h6,19H,1-5H2,(H,23,24). The maximum Gasteiger partial charge on any atom is 0.342 e. The number of pyridine rings is 1. The topological polar surface area (TPSA) is 74.0 Å². The molecule has 2 N–H and O–H groups in total. The first kappa shape index (κ1) is 16.0. The number of carboxylic acids is 1. The molecule has 0 radical (unpaired) electrons. The van der Waals surface area contributed by atoms with Gasteiger partial charge in [0.15, 0.2) is 5.82 Å². The SMILES string of the molecule is C=c1sc2c(C(=O)O)c(=O)c3cc(F)c(N4CCNCC4)c(F)c3n12. The Morgan fingerprint density at radius 3 is 2.60 bits per heavy atom. The number of carboxylic acid groups (broad SMARTS) is 1. The Labute approximate surface area is 143 Å². The Morgan fingerprint density at radius 1 is 1.32 bits per heavy atom. The van der Waals surface area contributed by atoms with Crippen LogP contribution in [0.25, 0.3) is 22.3 Å². The fourth-order valence-electron chi connectivity index (χ4n) is 3.26. The van der Waals surface area contributed by atoms with Crippen LogP contribution < -0.4 is 20.3 Å². The number of aromatic carboxylic acids is 1. The van der Waals surface area contributed by atoms with Crippen molar-refractivity contribution in [2.75, 3.05) is 31.1 Å². The smallest absolute Gasteiger partial charge is 0.342 e. The van der Waals surface area contributed by atoms with E-state index in [1.54, 1.807) is 4.90 Å². The number of anilines is 1. The van der Waals surface area contributed by atoms with Gasteiger partial charge in [-0.2, -0.15) is 0 Å². The van der Waals surface area contributed by atoms with Gasteiger partial charge in [0.2, 0.25) is 5.43 Å². The first-order chi connectivity index (χ1) is 11.9. The number of hydrogen-bond acceptors (Lipinski definition) is 5. The molecule has 130 valence electrons. The van der Waals surface area contributed by atoms with E-state index in [1.165, 1.54) is 4.40 Å². The molecule has 3 heterocycles. The molecule has 1 saturated heterocycles. The molecular weight excluding hydrogens is 352 g/mol. The normalized spacial score (nSPS) is 15.4. The molecule has 1 aliphatic heterocycles. The van der Waals surface area contributed by atoms with Crippen LogP contribution in [0.2, 0.25) is 0 Å². The van der Waals surface area contributed by atoms with Crippen molar-refractivity contribution in [2.45, 2.75) is 0 Å². The number of benzene rings is 1. The van der Waals surface area contributed by atoms with E-state index >= 15 is 4.39 Å². The molecule has 2 aromatic heterocycles. The third-order valence-corrected chi connectivity index (χ3v) is 5.39. The summed E-state index contributed by atoms with van der Waals surface area (Å²) < 4.78 is 31.5. The maximum absolute atomic E-state index is 15.2. The van der Waals surface area contributed by atoms with E-state index < -0.39 is 28.6 Å². The highest BCUT2D eigenvalue weighted by atomic mass is 32.1. The van der Waals surface area contributed by atoms with Crippen molar-refractivity contribution < 1.29 is 18.7 Å². The summed E-state index contributed by atoms with van der Waals surface area (Å²) in [7, 11) is 0. The summed E-state index contributed by atoms with van der Waals surface area (Å²) in [4.78, 5) is 25.6. The maximum atomic E-state index is 15.2. The number of halogens is 2. The molecule has 0 aliphatic carbocycles. The van der Waals surface area contributed by atoms with Crippen molar-refractivity contribution in [2.24, 2.45) is 0 Å². The van der Waals surface area contributed by atoms with Crippen molar-refractivity contribution in [3.8, 4) is 0 Å². The lowest BCUT2D eigenvalue weighted by molar-refractivity contribution is 0.0697. The van der Waals surface area contributed by atoms with Crippen LogP contribution in [-0.2, 0) is 0 Å². The van der Waals surface area contributed by atoms with Gasteiger partial charge >= 0.3 is 5.97 Å². The molecular formula is C16H13F2N3O3S. The summed E-state index contributed by atoms with van der Waals surface area (Å²) in [5.41, 5.74) is -1.70. The zero-order chi connectivity index (χ0) is 17.9. The molecule has 1 aromatic carbocycles. The Bertz CT molecular complexity index is 1130. The second-order valence-corrected chi connectivity index (χ2v) is 6.86. The largest absolute Gasteiger partial charge is 0.477 e. The second-order valence-electron chi connectivity index (χ2n) is 5.80. The van der Waals surface area contributed by atoms with E-state index in [9.17, 15) is 19.1 Å². The Kier molecular flexibility index (Phi) is 3.51. The fraction of sp³-hybridized carbons (Fsp3) is 0.250. The summed E-state index contributed by atoms with van der Waals surface area (Å²) in [6, 6.07) is 0.925. The Balaban J connectivity index is 2.13. The number of nitrogens with one attached hydrogen (secondary N) is 1. The van der Waals surface area contributed by atoms with E-state index in [0.29, 0.717) is 30.8 Å². The second kappa shape index (κ2) is 5.50. The van der Waals surface area contributed by atoms with E-state index in [4.69, 9.17) is 0 Å². The third-order valence-electron chi connectivity index (χ3n) is 4.39. The molecule has 0 atom stereocenters. The average Bonchev–Trinajstić information content (AvgIpc) is 2.56. The summed E-state index contributed by atoms with van der Waals surface area (Å²) >= 11 is 0.996. The minimum atomic E-state index is -1.43. The van der Waals surface area contributed by atoms with Gasteiger partial charge in [0.05, 0.1) is 15.6 Å². The predicted molar refractivity (Wildman–Crippen MR) is 91.7 cm³/mol. The van der Waals surface area contributed by atoms with Crippen molar-refractivity contribution in [3.63, 3.8) is 0 Å². The first-order valence-electron chi connectivity index (χ1n) is 7.58. The van der Waals surface area contributed by atoms with Crippen LogP contribution in [0.15, 0.2) is 10.9 Å². The van der Waals surface area contributed by atoms with Gasteiger partial charge < -0.3 is 15.3 Å². The zero-order valence-corrected chi connectivity index (χ0v) is 13.8. The summed E-state index contributed by atoms with van der Waals surface area (Å²) in [6.07, 6.45) is 0. The first-order valence-corrected chi connectivity index (χ1v) is 8.40. The molecule has 25 heavy (non-hydrogen) atoms. The quantitative estimate of drug-likeness (QED) is 0.710. The average molecular weight is 365 g/mol. The molecule has 0 amide bonds. The van der Waals surface area contributed by atoms with Crippen LogP contribution in [0.1, 0.15) is 10.4 Å². The lowest BCUT2D eigenvalue weighted by atomic mass is 10.1. The molecule has 0 unspecified atom stereocenters. The monoisotopic (exact) mass is 365 g/mol. The molecule has 3 aromatic rings. The number of hydrogen-bond donors (Lipinski definition) is 2. The van der Waals surface area contributed by atoms with Gasteiger partial charge in [-0.15, -0.1) is 0 Å². The molecule has 1 aliphatic rings. The van der Waals surface area contributed by atoms with E-state index in [1.807, 2.05) is 0 Å². The van der Waals surface area contributed by atoms with Crippen LogP contribution in [0.3, 0.4) is 0 Å². The molecule has 9 heteroatoms. The molecule has 0 saturated carbocycles. The highest BCUT2D eigenvalue weighted by Gasteiger charge is 2.28. The number of carbonyl (C=O) groups is 1. The minimum Gasteiger partial charge on any atom is -0.477 e. The van der Waals surface area contributed by atoms with E-state index in [2.05, 4.69) is 11.9 Å². The molecule has 6 nitrogen and oxygen atoms in total. The fourth-order valence-corrected chi connectivity index (χ4v) is 4.20. The van der Waals surface area contributed by atoms with Gasteiger partial charge in [-0.3, -0.25) is 9.20 Å². The van der Waals surface area contributed by atoms with Gasteiger partial charge in [0.25, 0.3) is 0 Å². The lowest BCUT2D eigenvalue weighted by Crippen LogP contribution is -2.44. The predicted octanol–water partition coefficient (Wildman–Crippen LogP) is 1.03. The Morgan fingerprint density at radius 2 is 2.00 bits per heavy atom. The van der Waals surface area contributed by atoms with Crippen molar-refractivity contribution >= 4 is 45.3 Å². The lowest BCUT2D eigenvalue weighted by Gasteiger charge is -2.30. The number of fused-ring (bicyclic) bond motifs is 3. The highest BCUT2D eigenvalue weighted by molar-refractivity contribution is 7.17. The summed E-state index contributed by atoms with van der Waals surface area (Å²) in [5.74, 6) is -3.17. The van der Waals surface area contributed by atoms with E-state index in [-0.39, 0.29) is 21.4 Å². The van der Waals surface area contributed by atoms with Gasteiger partial charge in [0, 0.05) is 26.2 Å². The van der Waals surface area contributed by atoms with Crippen LogP contribution >= 0.6 is 11.3 Å². The molecule has 4 rings (SSSR count). The van der Waals surface area contributed by atoms with Crippen molar-refractivity contribution in [1.29, 1.82) is 0 Å². The molecule has 0 bridgehead atoms. The van der Waals surface area contributed by atoms with Crippen LogP contribution in [0.4, 0.5) is 14.5 Å². The highest BCUT2D eigenvalue weighted by Crippen LogP contribution is 2.31. The van der Waals surface area contributed by atoms with Gasteiger partial charge in [0.1, 0.15) is 21.9 Å². The zero-order valence-electron chi connectivity index (χ0n) is 12.9. The number of piperazine rings is 1. The number of aromatic nitrogens is 1. The van der Waals surface area contributed by atoms with Crippen molar-refractivity contribution in [1.82, 2.24) is 9.72 Å². The van der Waals surface area contributed by atoms with Crippen LogP contribution in [0, 0.1) is 11.6 Å². The molecule has 0 spiro atoms. The van der Waals surface area contributed by atoms with Gasteiger partial charge in [-0.05, 0) is 6.07 Å². The van der Waals surface area contributed by atoms with Crippen molar-refractivity contribution in [3.05, 3.63) is 38.2 Å². The van der Waals surface area contributed by atoms with Crippen LogP contribution in [-0.4, -0.2) is 41.7 Å². The van der Waals surface area contributed by atoms with Gasteiger partial charge in [-0.1, -0.05) is 17.9 Å². The summed E-state index contributed by atoms with van der Waals surface area (Å²) in [5, 5.41) is 12.1. The third kappa shape index (κ3) is 2.16. The number of rotatable bonds is 2. The Hall–Kier alpha value is -2.52. The summed E-state index contributed by atoms with van der Waals surface area (Å²) in [6.45, 7) is 5.78. The minimum absolute atomic E-state index is 0.117. The molecule has 1 fully saturated rings. The number of nitrogens with zero attached hydrogens (tertiary/aromatic N) is 2.